The van der Waals surface area contributed by atoms with E-state index in [2.05, 4.69) is 50.8 Å². The molecule has 20 heavy (non-hydrogen) atoms. The number of aryl methyl sites for hydroxylation is 1. The third-order valence-corrected chi connectivity index (χ3v) is 3.11. The minimum absolute atomic E-state index is 0.0921. The molecule has 0 aliphatic carbocycles. The second-order valence-electron chi connectivity index (χ2n) is 6.51. The topological polar surface area (TPSA) is 21.7 Å². The number of rotatable bonds is 7. The molecule has 3 nitrogen and oxygen atoms in total. The van der Waals surface area contributed by atoms with Gasteiger partial charge in [0.25, 0.3) is 0 Å². The maximum absolute atomic E-state index is 5.91. The van der Waals surface area contributed by atoms with Gasteiger partial charge in [-0.3, -0.25) is 0 Å². The van der Waals surface area contributed by atoms with Crippen LogP contribution in [0.15, 0.2) is 18.2 Å². The van der Waals surface area contributed by atoms with Crippen molar-refractivity contribution < 1.29 is 9.47 Å². The van der Waals surface area contributed by atoms with Gasteiger partial charge in [0.15, 0.2) is 0 Å². The van der Waals surface area contributed by atoms with Crippen LogP contribution in [0.1, 0.15) is 31.9 Å². The molecule has 0 radical (unpaired) electrons. The number of nitrogens with zero attached hydrogens (tertiary/aromatic N) is 1. The molecule has 0 aromatic heterocycles. The van der Waals surface area contributed by atoms with Crippen molar-refractivity contribution in [2.45, 2.75) is 33.1 Å². The summed E-state index contributed by atoms with van der Waals surface area (Å²) in [6.45, 7) is 11.6. The summed E-state index contributed by atoms with van der Waals surface area (Å²) in [7, 11) is 4.09. The predicted molar refractivity (Wildman–Crippen MR) is 84.7 cm³/mol. The summed E-state index contributed by atoms with van der Waals surface area (Å²) in [5.41, 5.74) is 2.56. The molecule has 114 valence electrons. The Morgan fingerprint density at radius 1 is 1.05 bits per heavy atom. The Morgan fingerprint density at radius 2 is 1.75 bits per heavy atom. The standard InChI is InChI=1S/C17H29NO2/c1-14-7-8-15(17(2,3)4)16(13-14)20-12-11-19-10-9-18(5)6/h7-8,13H,9-12H2,1-6H3. The van der Waals surface area contributed by atoms with Crippen molar-refractivity contribution >= 4 is 0 Å². The number of ether oxygens (including phenoxy) is 2. The highest BCUT2D eigenvalue weighted by Crippen LogP contribution is 2.31. The van der Waals surface area contributed by atoms with Gasteiger partial charge in [0, 0.05) is 6.54 Å². The van der Waals surface area contributed by atoms with Crippen LogP contribution in [0.3, 0.4) is 0 Å². The summed E-state index contributed by atoms with van der Waals surface area (Å²) in [5.74, 6) is 0.980. The molecular formula is C17H29NO2. The van der Waals surface area contributed by atoms with E-state index < -0.39 is 0 Å². The van der Waals surface area contributed by atoms with Gasteiger partial charge in [0.1, 0.15) is 12.4 Å². The molecule has 1 rings (SSSR count). The highest BCUT2D eigenvalue weighted by atomic mass is 16.5. The van der Waals surface area contributed by atoms with Crippen LogP contribution in [0.2, 0.25) is 0 Å². The lowest BCUT2D eigenvalue weighted by molar-refractivity contribution is 0.0884. The molecule has 0 amide bonds. The van der Waals surface area contributed by atoms with Gasteiger partial charge >= 0.3 is 0 Å². The first-order valence-corrected chi connectivity index (χ1v) is 7.27. The van der Waals surface area contributed by atoms with Gasteiger partial charge in [-0.2, -0.15) is 0 Å². The Labute approximate surface area is 123 Å². The summed E-state index contributed by atoms with van der Waals surface area (Å²) in [5, 5.41) is 0. The molecule has 0 atom stereocenters. The fraction of sp³-hybridized carbons (Fsp3) is 0.647. The maximum atomic E-state index is 5.91. The lowest BCUT2D eigenvalue weighted by atomic mass is 9.86. The van der Waals surface area contributed by atoms with E-state index in [-0.39, 0.29) is 5.41 Å². The molecule has 0 aliphatic heterocycles. The third-order valence-electron chi connectivity index (χ3n) is 3.11. The van der Waals surface area contributed by atoms with Crippen LogP contribution in [0.25, 0.3) is 0 Å². The van der Waals surface area contributed by atoms with Crippen LogP contribution in [0.5, 0.6) is 5.75 Å². The van der Waals surface area contributed by atoms with Crippen LogP contribution in [0.4, 0.5) is 0 Å². The molecular weight excluding hydrogens is 250 g/mol. The highest BCUT2D eigenvalue weighted by molar-refractivity contribution is 5.41. The van der Waals surface area contributed by atoms with E-state index in [1.165, 1.54) is 11.1 Å². The number of hydrogen-bond acceptors (Lipinski definition) is 3. The monoisotopic (exact) mass is 279 g/mol. The maximum Gasteiger partial charge on any atom is 0.123 e. The Bertz CT molecular complexity index is 408. The fourth-order valence-electron chi connectivity index (χ4n) is 1.93. The quantitative estimate of drug-likeness (QED) is 0.715. The smallest absolute Gasteiger partial charge is 0.123 e. The van der Waals surface area contributed by atoms with Crippen molar-refractivity contribution in [1.29, 1.82) is 0 Å². The van der Waals surface area contributed by atoms with E-state index in [1.54, 1.807) is 0 Å². The van der Waals surface area contributed by atoms with Crippen LogP contribution >= 0.6 is 0 Å². The van der Waals surface area contributed by atoms with E-state index >= 15 is 0 Å². The average Bonchev–Trinajstić information content (AvgIpc) is 2.31. The van der Waals surface area contributed by atoms with E-state index in [4.69, 9.17) is 9.47 Å². The van der Waals surface area contributed by atoms with Gasteiger partial charge in [-0.15, -0.1) is 0 Å². The molecule has 0 spiro atoms. The zero-order chi connectivity index (χ0) is 15.2. The Kier molecular flexibility index (Phi) is 6.50. The summed E-state index contributed by atoms with van der Waals surface area (Å²) in [6.07, 6.45) is 0. The minimum Gasteiger partial charge on any atom is -0.491 e. The Balaban J connectivity index is 2.49. The largest absolute Gasteiger partial charge is 0.491 e. The number of benzene rings is 1. The van der Waals surface area contributed by atoms with Gasteiger partial charge < -0.3 is 14.4 Å². The first kappa shape index (κ1) is 17.0. The van der Waals surface area contributed by atoms with Gasteiger partial charge in [-0.1, -0.05) is 32.9 Å². The molecule has 0 saturated carbocycles. The molecule has 1 aromatic rings. The SMILES string of the molecule is Cc1ccc(C(C)(C)C)c(OCCOCCN(C)C)c1. The molecule has 1 aromatic carbocycles. The molecule has 0 heterocycles. The second-order valence-corrected chi connectivity index (χ2v) is 6.51. The van der Waals surface area contributed by atoms with Crippen LogP contribution in [-0.4, -0.2) is 45.4 Å². The second kappa shape index (κ2) is 7.65. The van der Waals surface area contributed by atoms with Crippen LogP contribution in [0, 0.1) is 6.92 Å². The van der Waals surface area contributed by atoms with Crippen molar-refractivity contribution in [3.05, 3.63) is 29.3 Å². The summed E-state index contributed by atoms with van der Waals surface area (Å²) in [4.78, 5) is 2.11. The Morgan fingerprint density at radius 3 is 2.35 bits per heavy atom. The zero-order valence-electron chi connectivity index (χ0n) is 13.8. The molecule has 0 saturated heterocycles. The van der Waals surface area contributed by atoms with Crippen LogP contribution in [-0.2, 0) is 10.2 Å². The predicted octanol–water partition coefficient (Wildman–Crippen LogP) is 3.25. The first-order valence-electron chi connectivity index (χ1n) is 7.27. The van der Waals surface area contributed by atoms with Crippen molar-refractivity contribution in [1.82, 2.24) is 4.90 Å². The minimum atomic E-state index is 0.0921. The molecule has 3 heteroatoms. The molecule has 0 fully saturated rings. The summed E-state index contributed by atoms with van der Waals surface area (Å²) < 4.78 is 11.5. The normalized spacial score (nSPS) is 11.9. The van der Waals surface area contributed by atoms with Crippen molar-refractivity contribution in [3.8, 4) is 5.75 Å². The van der Waals surface area contributed by atoms with Gasteiger partial charge in [0.2, 0.25) is 0 Å². The van der Waals surface area contributed by atoms with Crippen molar-refractivity contribution in [3.63, 3.8) is 0 Å². The lowest BCUT2D eigenvalue weighted by Gasteiger charge is -2.23. The van der Waals surface area contributed by atoms with Crippen LogP contribution < -0.4 is 4.74 Å². The molecule has 0 aliphatic rings. The van der Waals surface area contributed by atoms with E-state index in [1.807, 2.05) is 14.1 Å². The molecule has 0 unspecified atom stereocenters. The molecule has 0 bridgehead atoms. The zero-order valence-corrected chi connectivity index (χ0v) is 13.8. The lowest BCUT2D eigenvalue weighted by Crippen LogP contribution is -2.20. The first-order chi connectivity index (χ1) is 9.30. The van der Waals surface area contributed by atoms with E-state index in [0.717, 1.165) is 18.9 Å². The van der Waals surface area contributed by atoms with Gasteiger partial charge in [0.05, 0.1) is 13.2 Å². The van der Waals surface area contributed by atoms with E-state index in [9.17, 15) is 0 Å². The van der Waals surface area contributed by atoms with Gasteiger partial charge in [-0.25, -0.2) is 0 Å². The average molecular weight is 279 g/mol. The van der Waals surface area contributed by atoms with Crippen molar-refractivity contribution in [2.24, 2.45) is 0 Å². The summed E-state index contributed by atoms with van der Waals surface area (Å²) in [6, 6.07) is 6.42. The fourth-order valence-corrected chi connectivity index (χ4v) is 1.93. The number of likely N-dealkylation sites (N-methyl/N-ethyl adjacent to an activating group) is 1. The number of hydrogen-bond donors (Lipinski definition) is 0. The third kappa shape index (κ3) is 5.93. The summed E-state index contributed by atoms with van der Waals surface area (Å²) >= 11 is 0. The van der Waals surface area contributed by atoms with Crippen molar-refractivity contribution in [2.75, 3.05) is 40.5 Å². The van der Waals surface area contributed by atoms with Gasteiger partial charge in [-0.05, 0) is 43.6 Å². The highest BCUT2D eigenvalue weighted by Gasteiger charge is 2.18. The van der Waals surface area contributed by atoms with E-state index in [0.29, 0.717) is 13.2 Å². The molecule has 0 N–H and O–H groups in total. The Hall–Kier alpha value is -1.06.